The van der Waals surface area contributed by atoms with E-state index in [1.165, 1.54) is 0 Å². The summed E-state index contributed by atoms with van der Waals surface area (Å²) in [7, 11) is 0. The van der Waals surface area contributed by atoms with Crippen molar-refractivity contribution in [1.82, 2.24) is 4.57 Å². The highest BCUT2D eigenvalue weighted by atomic mass is 35.5. The molecule has 4 nitrogen and oxygen atoms in total. The minimum absolute atomic E-state index is 0. The summed E-state index contributed by atoms with van der Waals surface area (Å²) in [4.78, 5) is 10.9. The van der Waals surface area contributed by atoms with Gasteiger partial charge >= 0.3 is 5.97 Å². The van der Waals surface area contributed by atoms with E-state index in [2.05, 4.69) is 16.1 Å². The van der Waals surface area contributed by atoms with Crippen LogP contribution in [0.1, 0.15) is 24.2 Å². The zero-order chi connectivity index (χ0) is 11.7. The van der Waals surface area contributed by atoms with Crippen LogP contribution in [0.15, 0.2) is 24.5 Å². The molecule has 1 N–H and O–H groups in total. The largest absolute Gasteiger partial charge is 1.00 e. The van der Waals surface area contributed by atoms with Crippen LogP contribution >= 0.6 is 0 Å². The highest BCUT2D eigenvalue weighted by Crippen LogP contribution is 2.14. The number of imidazole rings is 1. The summed E-state index contributed by atoms with van der Waals surface area (Å²) in [6, 6.07) is 5.25. The third-order valence-corrected chi connectivity index (χ3v) is 2.80. The van der Waals surface area contributed by atoms with Gasteiger partial charge in [0.05, 0.1) is 18.7 Å². The molecule has 1 aromatic carbocycles. The summed E-state index contributed by atoms with van der Waals surface area (Å²) in [6.07, 6.45) is 2.02. The molecule has 0 saturated heterocycles. The maximum atomic E-state index is 10.9. The molecule has 0 fully saturated rings. The molecule has 0 atom stereocenters. The number of carboxylic acid groups (broad SMARTS) is 1. The molecule has 0 aliphatic rings. The topological polar surface area (TPSA) is 46.1 Å². The molecular weight excluding hydrogens is 240 g/mol. The van der Waals surface area contributed by atoms with E-state index < -0.39 is 5.97 Å². The zero-order valence-electron chi connectivity index (χ0n) is 9.85. The van der Waals surface area contributed by atoms with Crippen LogP contribution in [-0.4, -0.2) is 15.6 Å². The van der Waals surface area contributed by atoms with Gasteiger partial charge in [0.25, 0.3) is 0 Å². The van der Waals surface area contributed by atoms with E-state index in [4.69, 9.17) is 5.11 Å². The monoisotopic (exact) mass is 254 g/mol. The average Bonchev–Trinajstić information content (AvgIpc) is 2.65. The van der Waals surface area contributed by atoms with Crippen LogP contribution < -0.4 is 17.0 Å². The van der Waals surface area contributed by atoms with E-state index in [0.29, 0.717) is 5.56 Å². The molecule has 1 heterocycles. The van der Waals surface area contributed by atoms with Crippen molar-refractivity contribution in [2.24, 2.45) is 0 Å². The van der Waals surface area contributed by atoms with Gasteiger partial charge in [0.2, 0.25) is 6.33 Å². The molecule has 0 unspecified atom stereocenters. The molecule has 17 heavy (non-hydrogen) atoms. The van der Waals surface area contributed by atoms with Crippen LogP contribution in [0, 0.1) is 0 Å². The normalized spacial score (nSPS) is 10.2. The number of aromatic carboxylic acids is 1. The minimum atomic E-state index is -0.881. The van der Waals surface area contributed by atoms with Crippen LogP contribution in [0.4, 0.5) is 0 Å². The van der Waals surface area contributed by atoms with Gasteiger partial charge < -0.3 is 17.5 Å². The maximum Gasteiger partial charge on any atom is 0.335 e. The average molecular weight is 255 g/mol. The fraction of sp³-hybridized carbons (Fsp3) is 0.333. The van der Waals surface area contributed by atoms with Gasteiger partial charge in [-0.2, -0.15) is 0 Å². The second-order valence-corrected chi connectivity index (χ2v) is 3.70. The predicted octanol–water partition coefficient (Wildman–Crippen LogP) is -1.33. The molecule has 0 saturated carbocycles. The number of aromatic nitrogens is 2. The second kappa shape index (κ2) is 5.19. The lowest BCUT2D eigenvalue weighted by Gasteiger charge is -1.94. The predicted molar refractivity (Wildman–Crippen MR) is 60.4 cm³/mol. The quantitative estimate of drug-likeness (QED) is 0.690. The van der Waals surface area contributed by atoms with Gasteiger partial charge in [0.15, 0.2) is 11.0 Å². The molecule has 92 valence electrons. The van der Waals surface area contributed by atoms with Crippen molar-refractivity contribution in [1.29, 1.82) is 0 Å². The van der Waals surface area contributed by atoms with Gasteiger partial charge in [-0.15, -0.1) is 0 Å². The summed E-state index contributed by atoms with van der Waals surface area (Å²) >= 11 is 0. The molecule has 0 amide bonds. The van der Waals surface area contributed by atoms with Crippen molar-refractivity contribution >= 4 is 17.0 Å². The van der Waals surface area contributed by atoms with Crippen molar-refractivity contribution < 1.29 is 26.9 Å². The molecular formula is C12H15ClN2O2. The van der Waals surface area contributed by atoms with E-state index in [0.717, 1.165) is 24.1 Å². The van der Waals surface area contributed by atoms with Crippen LogP contribution in [0.3, 0.4) is 0 Å². The van der Waals surface area contributed by atoms with Crippen molar-refractivity contribution in [3.8, 4) is 0 Å². The first-order chi connectivity index (χ1) is 7.67. The molecule has 0 radical (unpaired) electrons. The van der Waals surface area contributed by atoms with Crippen molar-refractivity contribution in [2.45, 2.75) is 26.9 Å². The number of nitrogens with zero attached hydrogens (tertiary/aromatic N) is 2. The fourth-order valence-electron chi connectivity index (χ4n) is 1.93. The van der Waals surface area contributed by atoms with E-state index in [-0.39, 0.29) is 12.4 Å². The lowest BCUT2D eigenvalue weighted by atomic mass is 10.2. The number of carboxylic acids is 1. The number of rotatable bonds is 3. The Morgan fingerprint density at radius 3 is 2.65 bits per heavy atom. The van der Waals surface area contributed by atoms with Gasteiger partial charge in [-0.05, 0) is 26.0 Å². The van der Waals surface area contributed by atoms with E-state index in [1.807, 2.05) is 19.3 Å². The van der Waals surface area contributed by atoms with E-state index in [1.54, 1.807) is 12.1 Å². The zero-order valence-corrected chi connectivity index (χ0v) is 10.6. The number of hydrogen-bond donors (Lipinski definition) is 1. The van der Waals surface area contributed by atoms with E-state index in [9.17, 15) is 4.79 Å². The first-order valence-corrected chi connectivity index (χ1v) is 5.43. The summed E-state index contributed by atoms with van der Waals surface area (Å²) in [5, 5.41) is 8.96. The molecule has 5 heteroatoms. The Balaban J connectivity index is 0.00000144. The van der Waals surface area contributed by atoms with Gasteiger partial charge in [-0.1, -0.05) is 0 Å². The van der Waals surface area contributed by atoms with Gasteiger partial charge in [-0.25, -0.2) is 13.9 Å². The fourth-order valence-corrected chi connectivity index (χ4v) is 1.93. The molecule has 2 aromatic rings. The minimum Gasteiger partial charge on any atom is -1.00 e. The number of benzene rings is 1. The third kappa shape index (κ3) is 2.26. The molecule has 0 aliphatic heterocycles. The first kappa shape index (κ1) is 13.5. The Bertz CT molecular complexity index is 549. The van der Waals surface area contributed by atoms with Crippen LogP contribution in [0.5, 0.6) is 0 Å². The molecule has 0 spiro atoms. The highest BCUT2D eigenvalue weighted by molar-refractivity contribution is 5.91. The second-order valence-electron chi connectivity index (χ2n) is 3.70. The first-order valence-electron chi connectivity index (χ1n) is 5.43. The Hall–Kier alpha value is -1.55. The Labute approximate surface area is 106 Å². The molecule has 1 aromatic heterocycles. The standard InChI is InChI=1S/C12H14N2O2.ClH/c1-3-13-8-14(4-2)11-7-9(12(15)16)5-6-10(11)13;/h5-8H,3-4H2,1-2H3;1H. The summed E-state index contributed by atoms with van der Waals surface area (Å²) in [5.41, 5.74) is 2.39. The number of fused-ring (bicyclic) bond motifs is 1. The summed E-state index contributed by atoms with van der Waals surface area (Å²) in [5.74, 6) is -0.881. The Kier molecular flexibility index (Phi) is 4.12. The van der Waals surface area contributed by atoms with Crippen molar-refractivity contribution in [3.05, 3.63) is 30.1 Å². The molecule has 0 aliphatic carbocycles. The Morgan fingerprint density at radius 1 is 1.41 bits per heavy atom. The number of aryl methyl sites for hydroxylation is 2. The number of halogens is 1. The lowest BCUT2D eigenvalue weighted by Crippen LogP contribution is -3.00. The van der Waals surface area contributed by atoms with Gasteiger partial charge in [0.1, 0.15) is 0 Å². The van der Waals surface area contributed by atoms with E-state index >= 15 is 0 Å². The summed E-state index contributed by atoms with van der Waals surface area (Å²) < 4.78 is 4.18. The van der Waals surface area contributed by atoms with Crippen LogP contribution in [-0.2, 0) is 13.1 Å². The van der Waals surface area contributed by atoms with Crippen LogP contribution in [0.2, 0.25) is 0 Å². The number of carbonyl (C=O) groups is 1. The smallest absolute Gasteiger partial charge is 0.335 e. The van der Waals surface area contributed by atoms with Crippen molar-refractivity contribution in [2.75, 3.05) is 0 Å². The van der Waals surface area contributed by atoms with Gasteiger partial charge in [0, 0.05) is 6.07 Å². The highest BCUT2D eigenvalue weighted by Gasteiger charge is 2.15. The van der Waals surface area contributed by atoms with Gasteiger partial charge in [-0.3, -0.25) is 0 Å². The Morgan fingerprint density at radius 2 is 2.12 bits per heavy atom. The summed E-state index contributed by atoms with van der Waals surface area (Å²) in [6.45, 7) is 5.85. The van der Waals surface area contributed by atoms with Crippen LogP contribution in [0.25, 0.3) is 11.0 Å². The maximum absolute atomic E-state index is 10.9. The lowest BCUT2D eigenvalue weighted by molar-refractivity contribution is -0.668. The number of hydrogen-bond acceptors (Lipinski definition) is 1. The molecule has 0 bridgehead atoms. The third-order valence-electron chi connectivity index (χ3n) is 2.80. The van der Waals surface area contributed by atoms with Crippen molar-refractivity contribution in [3.63, 3.8) is 0 Å². The molecule has 2 rings (SSSR count). The SMILES string of the molecule is CCn1c[n+](CC)c2ccc(C(=O)O)cc21.[Cl-].